The molecule has 0 aliphatic rings. The third-order valence-electron chi connectivity index (χ3n) is 3.62. The van der Waals surface area contributed by atoms with Crippen LogP contribution in [0.3, 0.4) is 0 Å². The van der Waals surface area contributed by atoms with Gasteiger partial charge < -0.3 is 4.74 Å². The largest absolute Gasteiger partial charge is 0.444 e. The molecule has 0 radical (unpaired) electrons. The summed E-state index contributed by atoms with van der Waals surface area (Å²) in [4.78, 5) is 11.6. The number of hydrogen-bond donors (Lipinski definition) is 1. The molecule has 22 heavy (non-hydrogen) atoms. The third-order valence-corrected chi connectivity index (χ3v) is 4.52. The standard InChI is InChI=1S/C11H17F5O5S/c1-5-9(3,4)6(2)7(17)21-8(10(12,13)14)11(15,16)22(18,19)20/h6,8H,5H2,1-4H3,(H,18,19,20). The Kier molecular flexibility index (Phi) is 5.99. The molecular formula is C11H17F5O5S. The summed E-state index contributed by atoms with van der Waals surface area (Å²) in [5.74, 6) is -2.85. The highest BCUT2D eigenvalue weighted by Crippen LogP contribution is 2.39. The molecule has 0 aromatic rings. The summed E-state index contributed by atoms with van der Waals surface area (Å²) in [5.41, 5.74) is -0.861. The van der Waals surface area contributed by atoms with Gasteiger partial charge in [-0.1, -0.05) is 34.1 Å². The Bertz CT molecular complexity index is 511. The first-order chi connectivity index (χ1) is 9.48. The van der Waals surface area contributed by atoms with Crippen LogP contribution in [0, 0.1) is 11.3 Å². The number of halogens is 5. The summed E-state index contributed by atoms with van der Waals surface area (Å²) in [5, 5.41) is -5.71. The van der Waals surface area contributed by atoms with Crippen LogP contribution < -0.4 is 0 Å². The highest BCUT2D eigenvalue weighted by atomic mass is 32.2. The molecule has 0 aliphatic heterocycles. The summed E-state index contributed by atoms with van der Waals surface area (Å²) < 4.78 is 97.3. The normalized spacial score (nSPS) is 17.0. The van der Waals surface area contributed by atoms with Gasteiger partial charge in [0, 0.05) is 0 Å². The van der Waals surface area contributed by atoms with Gasteiger partial charge in [0.2, 0.25) is 0 Å². The zero-order valence-electron chi connectivity index (χ0n) is 12.2. The molecule has 11 heteroatoms. The van der Waals surface area contributed by atoms with Crippen LogP contribution in [0.15, 0.2) is 0 Å². The van der Waals surface area contributed by atoms with Gasteiger partial charge in [-0.2, -0.15) is 30.4 Å². The van der Waals surface area contributed by atoms with E-state index in [1.165, 1.54) is 20.8 Å². The zero-order chi connectivity index (χ0) is 18.1. The summed E-state index contributed by atoms with van der Waals surface area (Å²) in [6, 6.07) is 0. The van der Waals surface area contributed by atoms with Crippen molar-refractivity contribution in [1.29, 1.82) is 0 Å². The fourth-order valence-electron chi connectivity index (χ4n) is 1.30. The monoisotopic (exact) mass is 356 g/mol. The van der Waals surface area contributed by atoms with Crippen molar-refractivity contribution in [2.24, 2.45) is 11.3 Å². The molecule has 5 nitrogen and oxygen atoms in total. The van der Waals surface area contributed by atoms with E-state index in [-0.39, 0.29) is 0 Å². The lowest BCUT2D eigenvalue weighted by molar-refractivity contribution is -0.261. The lowest BCUT2D eigenvalue weighted by Crippen LogP contribution is -2.53. The maximum absolute atomic E-state index is 13.3. The number of carbonyl (C=O) groups excluding carboxylic acids is 1. The van der Waals surface area contributed by atoms with Crippen molar-refractivity contribution in [3.63, 3.8) is 0 Å². The van der Waals surface area contributed by atoms with Crippen molar-refractivity contribution in [2.45, 2.75) is 51.7 Å². The van der Waals surface area contributed by atoms with Crippen molar-refractivity contribution in [2.75, 3.05) is 0 Å². The molecule has 0 amide bonds. The van der Waals surface area contributed by atoms with Crippen LogP contribution in [0.4, 0.5) is 22.0 Å². The lowest BCUT2D eigenvalue weighted by atomic mass is 9.78. The second-order valence-corrected chi connectivity index (χ2v) is 6.95. The average molecular weight is 356 g/mol. The number of rotatable bonds is 6. The minimum Gasteiger partial charge on any atom is -0.444 e. The molecule has 0 fully saturated rings. The Hall–Kier alpha value is -0.970. The first kappa shape index (κ1) is 21.0. The lowest BCUT2D eigenvalue weighted by Gasteiger charge is -2.32. The van der Waals surface area contributed by atoms with Gasteiger partial charge in [0.25, 0.3) is 6.10 Å². The molecule has 0 aromatic carbocycles. The highest BCUT2D eigenvalue weighted by Gasteiger charge is 2.66. The van der Waals surface area contributed by atoms with Crippen LogP contribution >= 0.6 is 0 Å². The molecule has 1 N–H and O–H groups in total. The third kappa shape index (κ3) is 4.51. The highest BCUT2D eigenvalue weighted by molar-refractivity contribution is 7.86. The molecule has 0 heterocycles. The van der Waals surface area contributed by atoms with Crippen molar-refractivity contribution in [1.82, 2.24) is 0 Å². The van der Waals surface area contributed by atoms with Gasteiger partial charge in [-0.15, -0.1) is 0 Å². The summed E-state index contributed by atoms with van der Waals surface area (Å²) in [7, 11) is -6.43. The Morgan fingerprint density at radius 2 is 1.59 bits per heavy atom. The maximum Gasteiger partial charge on any atom is 0.432 e. The van der Waals surface area contributed by atoms with Crippen LogP contribution in [-0.2, 0) is 19.6 Å². The number of ether oxygens (including phenoxy) is 1. The molecule has 0 bridgehead atoms. The van der Waals surface area contributed by atoms with Crippen molar-refractivity contribution in [3.8, 4) is 0 Å². The van der Waals surface area contributed by atoms with E-state index in [9.17, 15) is 35.2 Å². The Morgan fingerprint density at radius 3 is 1.86 bits per heavy atom. The van der Waals surface area contributed by atoms with Crippen LogP contribution in [0.2, 0.25) is 0 Å². The predicted octanol–water partition coefficient (Wildman–Crippen LogP) is 3.01. The van der Waals surface area contributed by atoms with E-state index < -0.39 is 45.0 Å². The van der Waals surface area contributed by atoms with E-state index in [1.807, 2.05) is 0 Å². The van der Waals surface area contributed by atoms with Crippen LogP contribution in [0.25, 0.3) is 0 Å². The first-order valence-electron chi connectivity index (χ1n) is 6.10. The van der Waals surface area contributed by atoms with Crippen molar-refractivity contribution >= 4 is 16.1 Å². The quantitative estimate of drug-likeness (QED) is 0.449. The van der Waals surface area contributed by atoms with E-state index in [1.54, 1.807) is 6.92 Å². The molecule has 0 saturated carbocycles. The molecule has 0 saturated heterocycles. The molecule has 2 atom stereocenters. The first-order valence-corrected chi connectivity index (χ1v) is 7.54. The topological polar surface area (TPSA) is 80.7 Å². The minimum absolute atomic E-state index is 0.328. The van der Waals surface area contributed by atoms with Gasteiger partial charge >= 0.3 is 27.5 Å². The van der Waals surface area contributed by atoms with Gasteiger partial charge in [-0.3, -0.25) is 9.35 Å². The van der Waals surface area contributed by atoms with Crippen molar-refractivity contribution < 1.29 is 44.5 Å². The Labute approximate surface area is 124 Å². The number of esters is 1. The fourth-order valence-corrected chi connectivity index (χ4v) is 1.76. The number of alkyl halides is 5. The fraction of sp³-hybridized carbons (Fsp3) is 0.909. The van der Waals surface area contributed by atoms with Gasteiger partial charge in [0.15, 0.2) is 0 Å². The molecule has 0 rings (SSSR count). The molecule has 0 spiro atoms. The van der Waals surface area contributed by atoms with Gasteiger partial charge in [-0.05, 0) is 5.41 Å². The molecule has 0 aromatic heterocycles. The molecular weight excluding hydrogens is 339 g/mol. The average Bonchev–Trinajstić information content (AvgIpc) is 2.31. The molecule has 132 valence electrons. The number of hydrogen-bond acceptors (Lipinski definition) is 4. The smallest absolute Gasteiger partial charge is 0.432 e. The van der Waals surface area contributed by atoms with Gasteiger partial charge in [-0.25, -0.2) is 0 Å². The summed E-state index contributed by atoms with van der Waals surface area (Å²) in [6.07, 6.45) is -9.85. The second kappa shape index (κ2) is 6.26. The zero-order valence-corrected chi connectivity index (χ0v) is 13.1. The summed E-state index contributed by atoms with van der Waals surface area (Å²) in [6.45, 7) is 5.80. The second-order valence-electron chi connectivity index (χ2n) is 5.46. The molecule has 0 aliphatic carbocycles. The van der Waals surface area contributed by atoms with Crippen LogP contribution in [0.1, 0.15) is 34.1 Å². The van der Waals surface area contributed by atoms with E-state index in [0.717, 1.165) is 0 Å². The van der Waals surface area contributed by atoms with E-state index in [2.05, 4.69) is 4.74 Å². The van der Waals surface area contributed by atoms with E-state index >= 15 is 0 Å². The Balaban J connectivity index is 5.60. The van der Waals surface area contributed by atoms with Gasteiger partial charge in [0.05, 0.1) is 5.92 Å². The summed E-state index contributed by atoms with van der Waals surface area (Å²) >= 11 is 0. The van der Waals surface area contributed by atoms with Crippen molar-refractivity contribution in [3.05, 3.63) is 0 Å². The molecule has 2 unspecified atom stereocenters. The SMILES string of the molecule is CCC(C)(C)C(C)C(=O)OC(C(F)(F)F)C(F)(F)S(=O)(=O)O. The Morgan fingerprint density at radius 1 is 1.18 bits per heavy atom. The van der Waals surface area contributed by atoms with Crippen LogP contribution in [0.5, 0.6) is 0 Å². The van der Waals surface area contributed by atoms with E-state index in [0.29, 0.717) is 6.42 Å². The van der Waals surface area contributed by atoms with Gasteiger partial charge in [0.1, 0.15) is 0 Å². The van der Waals surface area contributed by atoms with E-state index in [4.69, 9.17) is 4.55 Å². The minimum atomic E-state index is -6.43. The maximum atomic E-state index is 13.3. The van der Waals surface area contributed by atoms with Crippen LogP contribution in [-0.4, -0.2) is 36.5 Å². The number of carbonyl (C=O) groups is 1. The predicted molar refractivity (Wildman–Crippen MR) is 65.7 cm³/mol.